The molecule has 1 atom stereocenters. The molecule has 0 spiro atoms. The molecule has 1 unspecified atom stereocenters. The molecule has 1 heterocycles. The van der Waals surface area contributed by atoms with Crippen molar-refractivity contribution in [2.24, 2.45) is 0 Å². The zero-order valence-corrected chi connectivity index (χ0v) is 13.8. The van der Waals surface area contributed by atoms with Crippen molar-refractivity contribution in [3.63, 3.8) is 0 Å². The maximum atomic E-state index is 6.18. The van der Waals surface area contributed by atoms with E-state index in [0.717, 1.165) is 22.2 Å². The lowest BCUT2D eigenvalue weighted by atomic mass is 10.1. The van der Waals surface area contributed by atoms with Gasteiger partial charge in [-0.2, -0.15) is 0 Å². The van der Waals surface area contributed by atoms with E-state index >= 15 is 0 Å². The van der Waals surface area contributed by atoms with Gasteiger partial charge < -0.3 is 4.74 Å². The largest absolute Gasteiger partial charge is 0.366 e. The molecular formula is C15H16BrClN2O. The zero-order valence-electron chi connectivity index (χ0n) is 11.4. The fraction of sp³-hybridized carbons (Fsp3) is 0.333. The van der Waals surface area contributed by atoms with E-state index in [1.165, 1.54) is 0 Å². The number of aryl methyl sites for hydroxylation is 1. The molecule has 0 aliphatic rings. The van der Waals surface area contributed by atoms with E-state index in [4.69, 9.17) is 16.3 Å². The predicted molar refractivity (Wildman–Crippen MR) is 84.0 cm³/mol. The van der Waals surface area contributed by atoms with Crippen LogP contribution >= 0.6 is 27.5 Å². The molecule has 0 N–H and O–H groups in total. The molecule has 106 valence electrons. The van der Waals surface area contributed by atoms with Gasteiger partial charge in [-0.3, -0.25) is 0 Å². The Kier molecular flexibility index (Phi) is 5.52. The van der Waals surface area contributed by atoms with Crippen LogP contribution in [0.5, 0.6) is 0 Å². The molecule has 0 amide bonds. The molecule has 0 saturated heterocycles. The van der Waals surface area contributed by atoms with Gasteiger partial charge in [-0.15, -0.1) is 0 Å². The second-order valence-electron chi connectivity index (χ2n) is 4.23. The third kappa shape index (κ3) is 3.37. The summed E-state index contributed by atoms with van der Waals surface area (Å²) >= 11 is 9.60. The third-order valence-corrected chi connectivity index (χ3v) is 4.24. The number of hydrogen-bond acceptors (Lipinski definition) is 3. The number of nitrogens with zero attached hydrogens (tertiary/aromatic N) is 2. The summed E-state index contributed by atoms with van der Waals surface area (Å²) in [6.45, 7) is 4.57. The van der Waals surface area contributed by atoms with E-state index < -0.39 is 0 Å². The molecule has 2 aromatic rings. The number of ether oxygens (including phenoxy) is 1. The van der Waals surface area contributed by atoms with Gasteiger partial charge in [0.1, 0.15) is 11.3 Å². The summed E-state index contributed by atoms with van der Waals surface area (Å²) in [6.07, 6.45) is 0.487. The number of rotatable bonds is 5. The molecule has 20 heavy (non-hydrogen) atoms. The van der Waals surface area contributed by atoms with Gasteiger partial charge in [-0.1, -0.05) is 48.9 Å². The first kappa shape index (κ1) is 15.4. The Bertz CT molecular complexity index is 578. The first-order chi connectivity index (χ1) is 9.67. The lowest BCUT2D eigenvalue weighted by molar-refractivity contribution is 0.0849. The second-order valence-corrected chi connectivity index (χ2v) is 5.38. The van der Waals surface area contributed by atoms with Crippen molar-refractivity contribution >= 4 is 27.5 Å². The van der Waals surface area contributed by atoms with E-state index in [1.807, 2.05) is 44.2 Å². The summed E-state index contributed by atoms with van der Waals surface area (Å²) in [5, 5.41) is 0.424. The van der Waals surface area contributed by atoms with Crippen LogP contribution in [0.1, 0.15) is 37.0 Å². The molecule has 3 nitrogen and oxygen atoms in total. The minimum atomic E-state index is -0.294. The normalized spacial score (nSPS) is 12.4. The number of halogens is 2. The third-order valence-electron chi connectivity index (χ3n) is 2.90. The average molecular weight is 356 g/mol. The monoisotopic (exact) mass is 354 g/mol. The Morgan fingerprint density at radius 1 is 1.20 bits per heavy atom. The van der Waals surface area contributed by atoms with E-state index in [1.54, 1.807) is 0 Å². The molecule has 1 aromatic heterocycles. The highest BCUT2D eigenvalue weighted by molar-refractivity contribution is 9.10. The second kappa shape index (κ2) is 7.16. The molecule has 0 saturated carbocycles. The van der Waals surface area contributed by atoms with Crippen molar-refractivity contribution in [1.29, 1.82) is 0 Å². The standard InChI is InChI=1S/C15H16BrClN2O/c1-3-11-12(16)14(17)19-15(18-11)13(20-4-2)10-8-6-5-7-9-10/h5-9,13H,3-4H2,1-2H3. The van der Waals surface area contributed by atoms with E-state index in [0.29, 0.717) is 17.6 Å². The molecule has 1 aromatic carbocycles. The first-order valence-electron chi connectivity index (χ1n) is 6.55. The summed E-state index contributed by atoms with van der Waals surface area (Å²) in [5.41, 5.74) is 1.91. The lowest BCUT2D eigenvalue weighted by Crippen LogP contribution is -2.12. The molecule has 0 aliphatic carbocycles. The van der Waals surface area contributed by atoms with Crippen LogP contribution in [0.3, 0.4) is 0 Å². The van der Waals surface area contributed by atoms with Crippen molar-refractivity contribution in [2.75, 3.05) is 6.61 Å². The summed E-state index contributed by atoms with van der Waals surface area (Å²) in [6, 6.07) is 9.93. The van der Waals surface area contributed by atoms with Gasteiger partial charge in [0, 0.05) is 6.61 Å². The van der Waals surface area contributed by atoms with Crippen LogP contribution in [-0.4, -0.2) is 16.6 Å². The average Bonchev–Trinajstić information content (AvgIpc) is 2.48. The van der Waals surface area contributed by atoms with Gasteiger partial charge in [-0.05, 0) is 34.8 Å². The van der Waals surface area contributed by atoms with Gasteiger partial charge in [0.05, 0.1) is 10.2 Å². The van der Waals surface area contributed by atoms with Crippen LogP contribution in [0.15, 0.2) is 34.8 Å². The quantitative estimate of drug-likeness (QED) is 0.736. The summed E-state index contributed by atoms with van der Waals surface area (Å²) in [5.74, 6) is 0.600. The van der Waals surface area contributed by atoms with Crippen molar-refractivity contribution in [3.05, 3.63) is 57.0 Å². The first-order valence-corrected chi connectivity index (χ1v) is 7.72. The number of benzene rings is 1. The van der Waals surface area contributed by atoms with Crippen LogP contribution in [0.4, 0.5) is 0 Å². The fourth-order valence-corrected chi connectivity index (χ4v) is 2.60. The SMILES string of the molecule is CCOC(c1ccccc1)c1nc(Cl)c(Br)c(CC)n1. The lowest BCUT2D eigenvalue weighted by Gasteiger charge is -2.17. The predicted octanol–water partition coefficient (Wildman–Crippen LogP) is 4.58. The maximum absolute atomic E-state index is 6.18. The van der Waals surface area contributed by atoms with Crippen molar-refractivity contribution in [2.45, 2.75) is 26.4 Å². The van der Waals surface area contributed by atoms with Gasteiger partial charge in [-0.25, -0.2) is 9.97 Å². The van der Waals surface area contributed by atoms with Gasteiger partial charge in [0.25, 0.3) is 0 Å². The highest BCUT2D eigenvalue weighted by atomic mass is 79.9. The molecule has 2 rings (SSSR count). The van der Waals surface area contributed by atoms with Crippen molar-refractivity contribution in [3.8, 4) is 0 Å². The zero-order chi connectivity index (χ0) is 14.5. The van der Waals surface area contributed by atoms with Gasteiger partial charge in [0.15, 0.2) is 5.82 Å². The van der Waals surface area contributed by atoms with Crippen molar-refractivity contribution < 1.29 is 4.74 Å². The Labute approximate surface area is 132 Å². The van der Waals surface area contributed by atoms with Gasteiger partial charge in [0.2, 0.25) is 0 Å². The Morgan fingerprint density at radius 2 is 1.90 bits per heavy atom. The number of hydrogen-bond donors (Lipinski definition) is 0. The van der Waals surface area contributed by atoms with Crippen LogP contribution in [0.25, 0.3) is 0 Å². The molecule has 5 heteroatoms. The highest BCUT2D eigenvalue weighted by Gasteiger charge is 2.20. The summed E-state index contributed by atoms with van der Waals surface area (Å²) < 4.78 is 6.57. The molecule has 0 radical (unpaired) electrons. The maximum Gasteiger partial charge on any atom is 0.163 e. The van der Waals surface area contributed by atoms with Crippen LogP contribution in [0, 0.1) is 0 Å². The topological polar surface area (TPSA) is 35.0 Å². The molecule has 0 fully saturated rings. The Hall–Kier alpha value is -0.970. The summed E-state index contributed by atoms with van der Waals surface area (Å²) in [7, 11) is 0. The van der Waals surface area contributed by atoms with Crippen LogP contribution in [-0.2, 0) is 11.2 Å². The number of aromatic nitrogens is 2. The van der Waals surface area contributed by atoms with Gasteiger partial charge >= 0.3 is 0 Å². The highest BCUT2D eigenvalue weighted by Crippen LogP contribution is 2.29. The van der Waals surface area contributed by atoms with Crippen molar-refractivity contribution in [1.82, 2.24) is 9.97 Å². The van der Waals surface area contributed by atoms with Crippen LogP contribution < -0.4 is 0 Å². The minimum absolute atomic E-state index is 0.294. The smallest absolute Gasteiger partial charge is 0.163 e. The molecular weight excluding hydrogens is 340 g/mol. The summed E-state index contributed by atoms with van der Waals surface area (Å²) in [4.78, 5) is 8.94. The Balaban J connectivity index is 2.47. The fourth-order valence-electron chi connectivity index (χ4n) is 1.95. The molecule has 0 bridgehead atoms. The van der Waals surface area contributed by atoms with Crippen LogP contribution in [0.2, 0.25) is 5.15 Å². The van der Waals surface area contributed by atoms with E-state index in [-0.39, 0.29) is 6.10 Å². The van der Waals surface area contributed by atoms with E-state index in [9.17, 15) is 0 Å². The molecule has 0 aliphatic heterocycles. The Morgan fingerprint density at radius 3 is 2.50 bits per heavy atom. The van der Waals surface area contributed by atoms with E-state index in [2.05, 4.69) is 25.9 Å². The minimum Gasteiger partial charge on any atom is -0.366 e.